The maximum absolute atomic E-state index is 12.8. The van der Waals surface area contributed by atoms with Gasteiger partial charge in [-0.2, -0.15) is 0 Å². The van der Waals surface area contributed by atoms with E-state index in [9.17, 15) is 4.79 Å². The Kier molecular flexibility index (Phi) is 7.49. The van der Waals surface area contributed by atoms with Crippen molar-refractivity contribution in [3.8, 4) is 0 Å². The van der Waals surface area contributed by atoms with Gasteiger partial charge in [0.05, 0.1) is 10.0 Å². The topological polar surface area (TPSA) is 32.3 Å². The number of benzene rings is 2. The Morgan fingerprint density at radius 3 is 2.47 bits per heavy atom. The van der Waals surface area contributed by atoms with Crippen LogP contribution in [-0.4, -0.2) is 36.0 Å². The second-order valence-electron chi connectivity index (χ2n) is 10.1. The van der Waals surface area contributed by atoms with Gasteiger partial charge in [0.15, 0.2) is 0 Å². The lowest BCUT2D eigenvalue weighted by Crippen LogP contribution is -2.57. The van der Waals surface area contributed by atoms with Gasteiger partial charge >= 0.3 is 0 Å². The lowest BCUT2D eigenvalue weighted by atomic mass is 9.69. The first-order valence-electron chi connectivity index (χ1n) is 11.9. The molecule has 0 spiro atoms. The van der Waals surface area contributed by atoms with E-state index in [1.165, 1.54) is 30.4 Å². The molecule has 1 N–H and O–H groups in total. The summed E-state index contributed by atoms with van der Waals surface area (Å²) in [5.41, 5.74) is 3.19. The van der Waals surface area contributed by atoms with Crippen molar-refractivity contribution >= 4 is 29.1 Å². The molecule has 172 valence electrons. The molecule has 1 amide bonds. The molecular formula is C27H34Cl2N2O. The van der Waals surface area contributed by atoms with Crippen molar-refractivity contribution in [1.82, 2.24) is 10.2 Å². The summed E-state index contributed by atoms with van der Waals surface area (Å²) in [6, 6.07) is 14.6. The van der Waals surface area contributed by atoms with Crippen LogP contribution in [0.4, 0.5) is 0 Å². The number of rotatable bonds is 7. The number of hydrogen-bond acceptors (Lipinski definition) is 2. The van der Waals surface area contributed by atoms with Crippen LogP contribution in [0.15, 0.2) is 42.5 Å². The molecule has 1 aliphatic carbocycles. The molecule has 5 heteroatoms. The number of hydrogen-bond donors (Lipinski definition) is 1. The summed E-state index contributed by atoms with van der Waals surface area (Å²) in [5, 5.41) is 4.59. The van der Waals surface area contributed by atoms with Gasteiger partial charge in [-0.15, -0.1) is 0 Å². The second-order valence-corrected chi connectivity index (χ2v) is 10.9. The van der Waals surface area contributed by atoms with Gasteiger partial charge in [0.2, 0.25) is 0 Å². The predicted octanol–water partition coefficient (Wildman–Crippen LogP) is 6.40. The van der Waals surface area contributed by atoms with Crippen LogP contribution in [0.25, 0.3) is 0 Å². The quantitative estimate of drug-likeness (QED) is 0.505. The predicted molar refractivity (Wildman–Crippen MR) is 134 cm³/mol. The van der Waals surface area contributed by atoms with Crippen LogP contribution in [0.1, 0.15) is 54.6 Å². The highest BCUT2D eigenvalue weighted by molar-refractivity contribution is 6.42. The molecule has 5 rings (SSSR count). The molecule has 0 aromatic heterocycles. The SMILES string of the molecule is Cc1ccc(C(=O)NC(CN2CC3CCC2CC3Cc2ccc(Cl)c(Cl)c2)C(C)C)cc1. The second kappa shape index (κ2) is 10.2. The molecule has 2 aromatic rings. The van der Waals surface area contributed by atoms with Crippen molar-refractivity contribution in [3.05, 3.63) is 69.2 Å². The molecule has 2 aliphatic heterocycles. The standard InChI is InChI=1S/C27H34Cl2N2O/c1-17(2)26(30-27(32)20-7-4-18(3)5-8-20)16-31-15-21-9-10-23(31)14-22(21)12-19-6-11-24(28)25(29)13-19/h4-8,11,13,17,21-23,26H,9-10,12,14-16H2,1-3H3,(H,30,32). The molecule has 2 aromatic carbocycles. The third-order valence-electron chi connectivity index (χ3n) is 7.45. The van der Waals surface area contributed by atoms with Crippen molar-refractivity contribution in [1.29, 1.82) is 0 Å². The minimum absolute atomic E-state index is 0.0309. The van der Waals surface area contributed by atoms with Gasteiger partial charge in [0.1, 0.15) is 0 Å². The van der Waals surface area contributed by atoms with Crippen LogP contribution >= 0.6 is 23.2 Å². The minimum Gasteiger partial charge on any atom is -0.348 e. The highest BCUT2D eigenvalue weighted by Crippen LogP contribution is 2.41. The highest BCUT2D eigenvalue weighted by Gasteiger charge is 2.41. The van der Waals surface area contributed by atoms with Gasteiger partial charge in [-0.05, 0) is 80.2 Å². The van der Waals surface area contributed by atoms with E-state index in [1.807, 2.05) is 43.3 Å². The molecular weight excluding hydrogens is 439 g/mol. The normalized spacial score (nSPS) is 24.0. The van der Waals surface area contributed by atoms with Crippen LogP contribution in [0.5, 0.6) is 0 Å². The molecule has 3 aliphatic rings. The molecule has 4 atom stereocenters. The molecule has 2 saturated heterocycles. The fourth-order valence-electron chi connectivity index (χ4n) is 5.40. The zero-order valence-electron chi connectivity index (χ0n) is 19.3. The zero-order chi connectivity index (χ0) is 22.8. The van der Waals surface area contributed by atoms with Gasteiger partial charge in [-0.3, -0.25) is 9.69 Å². The number of carbonyl (C=O) groups is 1. The molecule has 3 fully saturated rings. The lowest BCUT2D eigenvalue weighted by Gasteiger charge is -2.51. The molecule has 3 nitrogen and oxygen atoms in total. The van der Waals surface area contributed by atoms with E-state index in [0.29, 0.717) is 33.8 Å². The first-order valence-corrected chi connectivity index (χ1v) is 12.6. The number of amides is 1. The van der Waals surface area contributed by atoms with Crippen molar-refractivity contribution < 1.29 is 4.79 Å². The third-order valence-corrected chi connectivity index (χ3v) is 8.18. The average Bonchev–Trinajstić information content (AvgIpc) is 2.77. The average molecular weight is 473 g/mol. The summed E-state index contributed by atoms with van der Waals surface area (Å²) < 4.78 is 0. The number of nitrogens with one attached hydrogen (secondary N) is 1. The Balaban J connectivity index is 1.37. The highest BCUT2D eigenvalue weighted by atomic mass is 35.5. The van der Waals surface area contributed by atoms with E-state index in [2.05, 4.69) is 30.1 Å². The Morgan fingerprint density at radius 2 is 1.84 bits per heavy atom. The largest absolute Gasteiger partial charge is 0.348 e. The Morgan fingerprint density at radius 1 is 1.09 bits per heavy atom. The van der Waals surface area contributed by atoms with E-state index < -0.39 is 0 Å². The molecule has 1 saturated carbocycles. The number of piperidine rings is 2. The summed E-state index contributed by atoms with van der Waals surface area (Å²) in [6.45, 7) is 8.50. The summed E-state index contributed by atoms with van der Waals surface area (Å²) in [6.07, 6.45) is 4.86. The molecule has 32 heavy (non-hydrogen) atoms. The summed E-state index contributed by atoms with van der Waals surface area (Å²) in [4.78, 5) is 15.5. The van der Waals surface area contributed by atoms with E-state index >= 15 is 0 Å². The van der Waals surface area contributed by atoms with Gasteiger partial charge in [0.25, 0.3) is 5.91 Å². The van der Waals surface area contributed by atoms with Crippen LogP contribution in [-0.2, 0) is 6.42 Å². The monoisotopic (exact) mass is 472 g/mol. The van der Waals surface area contributed by atoms with Crippen LogP contribution < -0.4 is 5.32 Å². The molecule has 4 unspecified atom stereocenters. The maximum Gasteiger partial charge on any atom is 0.251 e. The Bertz CT molecular complexity index is 943. The van der Waals surface area contributed by atoms with Gasteiger partial charge in [0, 0.05) is 30.7 Å². The first kappa shape index (κ1) is 23.6. The zero-order valence-corrected chi connectivity index (χ0v) is 20.8. The van der Waals surface area contributed by atoms with E-state index in [0.717, 1.165) is 25.1 Å². The van der Waals surface area contributed by atoms with E-state index in [4.69, 9.17) is 23.2 Å². The van der Waals surface area contributed by atoms with Gasteiger partial charge in [-0.25, -0.2) is 0 Å². The summed E-state index contributed by atoms with van der Waals surface area (Å²) in [7, 11) is 0. The first-order chi connectivity index (χ1) is 15.3. The van der Waals surface area contributed by atoms with Crippen LogP contribution in [0.2, 0.25) is 10.0 Å². The van der Waals surface area contributed by atoms with Crippen molar-refractivity contribution in [3.63, 3.8) is 0 Å². The minimum atomic E-state index is 0.0309. The Hall–Kier alpha value is -1.55. The van der Waals surface area contributed by atoms with Gasteiger partial charge < -0.3 is 5.32 Å². The van der Waals surface area contributed by atoms with Crippen molar-refractivity contribution in [2.24, 2.45) is 17.8 Å². The smallest absolute Gasteiger partial charge is 0.251 e. The van der Waals surface area contributed by atoms with Gasteiger partial charge in [-0.1, -0.05) is 60.8 Å². The van der Waals surface area contributed by atoms with Crippen molar-refractivity contribution in [2.45, 2.75) is 58.5 Å². The lowest BCUT2D eigenvalue weighted by molar-refractivity contribution is -0.00285. The summed E-state index contributed by atoms with van der Waals surface area (Å²) >= 11 is 12.3. The third kappa shape index (κ3) is 5.50. The summed E-state index contributed by atoms with van der Waals surface area (Å²) in [5.74, 6) is 1.82. The van der Waals surface area contributed by atoms with Crippen LogP contribution in [0.3, 0.4) is 0 Å². The number of fused-ring (bicyclic) bond motifs is 3. The number of halogens is 2. The number of aryl methyl sites for hydroxylation is 1. The number of carbonyl (C=O) groups excluding carboxylic acids is 1. The molecule has 2 heterocycles. The molecule has 0 radical (unpaired) electrons. The molecule has 2 bridgehead atoms. The van der Waals surface area contributed by atoms with E-state index in [1.54, 1.807) is 0 Å². The van der Waals surface area contributed by atoms with Crippen molar-refractivity contribution in [2.75, 3.05) is 13.1 Å². The van der Waals surface area contributed by atoms with Crippen LogP contribution in [0, 0.1) is 24.7 Å². The maximum atomic E-state index is 12.8. The fourth-order valence-corrected chi connectivity index (χ4v) is 5.72. The fraction of sp³-hybridized carbons (Fsp3) is 0.519. The Labute approximate surface area is 202 Å². The number of nitrogens with zero attached hydrogens (tertiary/aromatic N) is 1. The van der Waals surface area contributed by atoms with E-state index in [-0.39, 0.29) is 11.9 Å².